The third-order valence-corrected chi connectivity index (χ3v) is 7.26. The molecule has 1 fully saturated rings. The summed E-state index contributed by atoms with van der Waals surface area (Å²) in [6, 6.07) is 9.04. The molecule has 0 bridgehead atoms. The van der Waals surface area contributed by atoms with E-state index in [2.05, 4.69) is 4.72 Å². The van der Waals surface area contributed by atoms with Crippen LogP contribution in [0.2, 0.25) is 0 Å². The number of morpholine rings is 1. The van der Waals surface area contributed by atoms with E-state index in [0.717, 1.165) is 11.1 Å². The lowest BCUT2D eigenvalue weighted by Gasteiger charge is -2.26. The highest BCUT2D eigenvalue weighted by atomic mass is 32.2. The van der Waals surface area contributed by atoms with E-state index in [1.807, 2.05) is 26.0 Å². The van der Waals surface area contributed by atoms with Gasteiger partial charge in [0, 0.05) is 29.7 Å². The summed E-state index contributed by atoms with van der Waals surface area (Å²) >= 11 is 0. The summed E-state index contributed by atoms with van der Waals surface area (Å²) in [7, 11) is -3.95. The van der Waals surface area contributed by atoms with Crippen molar-refractivity contribution in [3.63, 3.8) is 0 Å². The second-order valence-corrected chi connectivity index (χ2v) is 9.58. The van der Waals surface area contributed by atoms with Crippen LogP contribution < -0.4 is 4.72 Å². The van der Waals surface area contributed by atoms with Crippen molar-refractivity contribution >= 4 is 32.6 Å². The molecule has 2 heterocycles. The lowest BCUT2D eigenvalue weighted by molar-refractivity contribution is 0.0283. The van der Waals surface area contributed by atoms with Crippen LogP contribution in [0.3, 0.4) is 0 Å². The molecule has 1 saturated heterocycles. The molecule has 0 atom stereocenters. The number of amides is 1. The number of hydrogen-bond donors (Lipinski definition) is 1. The first-order valence-corrected chi connectivity index (χ1v) is 11.7. The smallest absolute Gasteiger partial charge is 0.290 e. The molecule has 0 spiro atoms. The summed E-state index contributed by atoms with van der Waals surface area (Å²) in [4.78, 5) is 14.8. The molecule has 8 heteroatoms. The summed E-state index contributed by atoms with van der Waals surface area (Å²) in [6.07, 6.45) is 0. The van der Waals surface area contributed by atoms with Crippen molar-refractivity contribution < 1.29 is 22.4 Å². The number of hydrogen-bond acceptors (Lipinski definition) is 5. The normalized spacial score (nSPS) is 14.8. The van der Waals surface area contributed by atoms with Gasteiger partial charge < -0.3 is 14.1 Å². The molecule has 0 unspecified atom stereocenters. The van der Waals surface area contributed by atoms with Crippen LogP contribution in [0.15, 0.2) is 39.6 Å². The number of fused-ring (bicyclic) bond motifs is 1. The van der Waals surface area contributed by atoms with Gasteiger partial charge in [0.1, 0.15) is 4.90 Å². The second-order valence-electron chi connectivity index (χ2n) is 7.96. The van der Waals surface area contributed by atoms with Gasteiger partial charge in [-0.2, -0.15) is 0 Å². The average molecular weight is 443 g/mol. The molecule has 7 nitrogen and oxygen atoms in total. The molecule has 31 heavy (non-hydrogen) atoms. The molecule has 0 saturated carbocycles. The Balaban J connectivity index is 1.85. The van der Waals surface area contributed by atoms with Crippen molar-refractivity contribution in [2.75, 3.05) is 31.0 Å². The van der Waals surface area contributed by atoms with E-state index in [9.17, 15) is 13.2 Å². The van der Waals surface area contributed by atoms with Crippen LogP contribution >= 0.6 is 0 Å². The van der Waals surface area contributed by atoms with Crippen LogP contribution in [0.1, 0.15) is 32.8 Å². The summed E-state index contributed by atoms with van der Waals surface area (Å²) in [6.45, 7) is 9.21. The maximum Gasteiger partial charge on any atom is 0.290 e. The molecule has 0 radical (unpaired) electrons. The van der Waals surface area contributed by atoms with Crippen LogP contribution in [0, 0.1) is 27.7 Å². The van der Waals surface area contributed by atoms with Crippen molar-refractivity contribution in [3.8, 4) is 0 Å². The first-order chi connectivity index (χ1) is 14.7. The van der Waals surface area contributed by atoms with E-state index in [-0.39, 0.29) is 22.1 Å². The standard InChI is InChI=1S/C23H26N2O5S/c1-14-6-5-7-18(12-14)24-31(27,28)22-16(3)15(2)13-19-17(4)20(30-21(19)22)23(26)25-8-10-29-11-9-25/h5-7,12-13,24H,8-11H2,1-4H3. The molecule has 4 rings (SSSR count). The number of carbonyl (C=O) groups excluding carboxylic acids is 1. The highest BCUT2D eigenvalue weighted by molar-refractivity contribution is 7.93. The zero-order valence-corrected chi connectivity index (χ0v) is 18.9. The topological polar surface area (TPSA) is 88.9 Å². The van der Waals surface area contributed by atoms with Gasteiger partial charge in [-0.1, -0.05) is 12.1 Å². The van der Waals surface area contributed by atoms with Crippen molar-refractivity contribution in [1.29, 1.82) is 0 Å². The Labute approximate surface area is 182 Å². The molecule has 164 valence electrons. The van der Waals surface area contributed by atoms with Gasteiger partial charge in [-0.25, -0.2) is 8.42 Å². The monoisotopic (exact) mass is 442 g/mol. The fraction of sp³-hybridized carbons (Fsp3) is 0.348. The van der Waals surface area contributed by atoms with Gasteiger partial charge in [0.05, 0.1) is 13.2 Å². The molecular weight excluding hydrogens is 416 g/mol. The van der Waals surface area contributed by atoms with Crippen LogP contribution in [0.25, 0.3) is 11.0 Å². The Morgan fingerprint density at radius 1 is 1.03 bits per heavy atom. The number of aryl methyl sites for hydroxylation is 3. The Kier molecular flexibility index (Phi) is 5.53. The van der Waals surface area contributed by atoms with Crippen LogP contribution in [-0.4, -0.2) is 45.5 Å². The molecule has 1 amide bonds. The van der Waals surface area contributed by atoms with Crippen LogP contribution in [0.4, 0.5) is 5.69 Å². The fourth-order valence-corrected chi connectivity index (χ4v) is 5.39. The van der Waals surface area contributed by atoms with E-state index in [1.165, 1.54) is 0 Å². The Morgan fingerprint density at radius 2 is 1.74 bits per heavy atom. The number of nitrogens with one attached hydrogen (secondary N) is 1. The van der Waals surface area contributed by atoms with E-state index < -0.39 is 10.0 Å². The summed E-state index contributed by atoms with van der Waals surface area (Å²) in [5.41, 5.74) is 3.66. The molecule has 3 aromatic rings. The zero-order valence-electron chi connectivity index (χ0n) is 18.1. The number of rotatable bonds is 4. The molecule has 2 aromatic carbocycles. The summed E-state index contributed by atoms with van der Waals surface area (Å²) in [5.74, 6) is -0.0730. The first-order valence-electron chi connectivity index (χ1n) is 10.2. The van der Waals surface area contributed by atoms with Crippen molar-refractivity contribution in [1.82, 2.24) is 4.90 Å². The predicted molar refractivity (Wildman–Crippen MR) is 119 cm³/mol. The van der Waals surface area contributed by atoms with E-state index >= 15 is 0 Å². The average Bonchev–Trinajstić information content (AvgIpc) is 3.04. The van der Waals surface area contributed by atoms with Crippen molar-refractivity contribution in [3.05, 3.63) is 58.3 Å². The molecule has 1 N–H and O–H groups in total. The Bertz CT molecular complexity index is 1270. The molecular formula is C23H26N2O5S. The van der Waals surface area contributed by atoms with E-state index in [4.69, 9.17) is 9.15 Å². The van der Waals surface area contributed by atoms with E-state index in [0.29, 0.717) is 48.5 Å². The van der Waals surface area contributed by atoms with Gasteiger partial charge in [0.15, 0.2) is 11.3 Å². The zero-order chi connectivity index (χ0) is 22.3. The van der Waals surface area contributed by atoms with Crippen molar-refractivity contribution in [2.24, 2.45) is 0 Å². The first kappa shape index (κ1) is 21.4. The van der Waals surface area contributed by atoms with Gasteiger partial charge in [-0.3, -0.25) is 9.52 Å². The number of sulfonamides is 1. The maximum atomic E-state index is 13.4. The third-order valence-electron chi connectivity index (χ3n) is 5.72. The predicted octanol–water partition coefficient (Wildman–Crippen LogP) is 3.94. The largest absolute Gasteiger partial charge is 0.449 e. The van der Waals surface area contributed by atoms with Crippen LogP contribution in [-0.2, 0) is 14.8 Å². The minimum atomic E-state index is -3.95. The van der Waals surface area contributed by atoms with Gasteiger partial charge in [0.2, 0.25) is 0 Å². The lowest BCUT2D eigenvalue weighted by Crippen LogP contribution is -2.40. The fourth-order valence-electron chi connectivity index (χ4n) is 3.90. The van der Waals surface area contributed by atoms with Crippen molar-refractivity contribution in [2.45, 2.75) is 32.6 Å². The van der Waals surface area contributed by atoms with Gasteiger partial charge in [-0.15, -0.1) is 0 Å². The number of ether oxygens (including phenoxy) is 1. The minimum absolute atomic E-state index is 0.0631. The Hall–Kier alpha value is -2.84. The van der Waals surface area contributed by atoms with E-state index in [1.54, 1.807) is 36.9 Å². The number of anilines is 1. The number of benzene rings is 2. The number of carbonyl (C=O) groups is 1. The SMILES string of the molecule is Cc1cccc(NS(=O)(=O)c2c(C)c(C)cc3c(C)c(C(=O)N4CCOCC4)oc23)c1. The Morgan fingerprint density at radius 3 is 2.42 bits per heavy atom. The van der Waals surface area contributed by atoms with Gasteiger partial charge in [-0.05, 0) is 62.6 Å². The quantitative estimate of drug-likeness (QED) is 0.661. The summed E-state index contributed by atoms with van der Waals surface area (Å²) < 4.78 is 40.8. The van der Waals surface area contributed by atoms with Crippen LogP contribution in [0.5, 0.6) is 0 Å². The number of furan rings is 1. The second kappa shape index (κ2) is 8.01. The molecule has 1 aliphatic rings. The molecule has 0 aliphatic carbocycles. The highest BCUT2D eigenvalue weighted by Crippen LogP contribution is 2.36. The molecule has 1 aliphatic heterocycles. The maximum absolute atomic E-state index is 13.4. The third kappa shape index (κ3) is 3.93. The highest BCUT2D eigenvalue weighted by Gasteiger charge is 2.30. The number of nitrogens with zero attached hydrogens (tertiary/aromatic N) is 1. The lowest BCUT2D eigenvalue weighted by atomic mass is 10.0. The van der Waals surface area contributed by atoms with Gasteiger partial charge >= 0.3 is 0 Å². The minimum Gasteiger partial charge on any atom is -0.449 e. The van der Waals surface area contributed by atoms with Gasteiger partial charge in [0.25, 0.3) is 15.9 Å². The molecule has 1 aromatic heterocycles. The summed E-state index contributed by atoms with van der Waals surface area (Å²) in [5, 5.41) is 0.629.